The summed E-state index contributed by atoms with van der Waals surface area (Å²) in [6.45, 7) is 3.05. The number of sulfonamides is 1. The molecule has 0 radical (unpaired) electrons. The Morgan fingerprint density at radius 1 is 1.12 bits per heavy atom. The lowest BCUT2D eigenvalue weighted by Crippen LogP contribution is -2.48. The Labute approximate surface area is 155 Å². The topological polar surface area (TPSA) is 57.9 Å². The van der Waals surface area contributed by atoms with Gasteiger partial charge in [-0.25, -0.2) is 12.9 Å². The van der Waals surface area contributed by atoms with E-state index in [2.05, 4.69) is 16.1 Å². The predicted molar refractivity (Wildman–Crippen MR) is 98.6 cm³/mol. The van der Waals surface area contributed by atoms with Crippen LogP contribution in [-0.4, -0.2) is 53.4 Å². The molecule has 3 aromatic rings. The average molecular weight is 397 g/mol. The highest BCUT2D eigenvalue weighted by atomic mass is 35.5. The number of hydrogen-bond acceptors (Lipinski definition) is 5. The second kappa shape index (κ2) is 6.69. The molecule has 9 heteroatoms. The molecule has 0 N–H and O–H groups in total. The van der Waals surface area contributed by atoms with Crippen LogP contribution in [0.25, 0.3) is 5.52 Å². The molecule has 3 aromatic heterocycles. The number of fused-ring (bicyclic) bond motifs is 1. The highest BCUT2D eigenvalue weighted by Crippen LogP contribution is 2.28. The van der Waals surface area contributed by atoms with Crippen molar-refractivity contribution in [3.05, 3.63) is 52.6 Å². The van der Waals surface area contributed by atoms with Crippen LogP contribution >= 0.6 is 22.9 Å². The van der Waals surface area contributed by atoms with E-state index in [1.54, 1.807) is 12.1 Å². The van der Waals surface area contributed by atoms with E-state index in [0.717, 1.165) is 29.1 Å². The standard InChI is InChI=1S/C16H17ClN4O2S2/c17-15-4-5-16(24-15)25(22,23)20-9-7-19(8-10-20)12-13-11-14-3-1-2-6-21(14)18-13/h1-6,11H,7-10,12H2. The Morgan fingerprint density at radius 3 is 2.60 bits per heavy atom. The third-order valence-corrected chi connectivity index (χ3v) is 7.88. The number of hydrogen-bond donors (Lipinski definition) is 0. The highest BCUT2D eigenvalue weighted by Gasteiger charge is 2.29. The molecule has 0 bridgehead atoms. The fourth-order valence-corrected chi connectivity index (χ4v) is 6.05. The average Bonchev–Trinajstić information content (AvgIpc) is 3.21. The molecule has 25 heavy (non-hydrogen) atoms. The summed E-state index contributed by atoms with van der Waals surface area (Å²) < 4.78 is 29.4. The van der Waals surface area contributed by atoms with E-state index in [9.17, 15) is 8.42 Å². The number of thiophene rings is 1. The van der Waals surface area contributed by atoms with Gasteiger partial charge in [-0.3, -0.25) is 4.90 Å². The first-order chi connectivity index (χ1) is 12.0. The number of pyridine rings is 1. The van der Waals surface area contributed by atoms with Gasteiger partial charge in [-0.15, -0.1) is 11.3 Å². The van der Waals surface area contributed by atoms with Crippen molar-refractivity contribution in [2.24, 2.45) is 0 Å². The molecular weight excluding hydrogens is 380 g/mol. The molecule has 0 amide bonds. The second-order valence-corrected chi connectivity index (χ2v) is 9.82. The molecule has 0 aliphatic carbocycles. The molecule has 0 spiro atoms. The largest absolute Gasteiger partial charge is 0.295 e. The first-order valence-electron chi connectivity index (χ1n) is 7.93. The van der Waals surface area contributed by atoms with E-state index in [1.165, 1.54) is 4.31 Å². The van der Waals surface area contributed by atoms with Crippen molar-refractivity contribution in [1.29, 1.82) is 0 Å². The third kappa shape index (κ3) is 3.45. The minimum atomic E-state index is -3.44. The van der Waals surface area contributed by atoms with Crippen molar-refractivity contribution in [2.45, 2.75) is 10.8 Å². The Balaban J connectivity index is 1.41. The lowest BCUT2D eigenvalue weighted by molar-refractivity contribution is 0.180. The lowest BCUT2D eigenvalue weighted by Gasteiger charge is -2.33. The molecule has 0 saturated carbocycles. The van der Waals surface area contributed by atoms with Crippen LogP contribution < -0.4 is 0 Å². The van der Waals surface area contributed by atoms with Gasteiger partial charge in [0, 0.05) is 38.9 Å². The van der Waals surface area contributed by atoms with Crippen LogP contribution in [0.3, 0.4) is 0 Å². The summed E-state index contributed by atoms with van der Waals surface area (Å²) >= 11 is 6.97. The van der Waals surface area contributed by atoms with E-state index in [1.807, 2.05) is 28.9 Å². The van der Waals surface area contributed by atoms with Crippen LogP contribution in [0.5, 0.6) is 0 Å². The molecule has 1 fully saturated rings. The molecule has 4 rings (SSSR count). The van der Waals surface area contributed by atoms with E-state index in [4.69, 9.17) is 11.6 Å². The number of aromatic nitrogens is 2. The van der Waals surface area contributed by atoms with Gasteiger partial charge in [-0.2, -0.15) is 9.40 Å². The SMILES string of the molecule is O=S(=O)(c1ccc(Cl)s1)N1CCN(Cc2cc3ccccn3n2)CC1. The molecule has 0 aromatic carbocycles. The van der Waals surface area contributed by atoms with Crippen LogP contribution in [0.2, 0.25) is 4.34 Å². The van der Waals surface area contributed by atoms with Gasteiger partial charge in [-0.05, 0) is 30.3 Å². The molecule has 1 aliphatic rings. The number of rotatable bonds is 4. The van der Waals surface area contributed by atoms with Crippen LogP contribution in [0.1, 0.15) is 5.69 Å². The molecule has 0 unspecified atom stereocenters. The summed E-state index contributed by atoms with van der Waals surface area (Å²) in [6.07, 6.45) is 1.93. The van der Waals surface area contributed by atoms with Gasteiger partial charge in [0.25, 0.3) is 10.0 Å². The minimum Gasteiger partial charge on any atom is -0.295 e. The van der Waals surface area contributed by atoms with Gasteiger partial charge in [0.2, 0.25) is 0 Å². The quantitative estimate of drug-likeness (QED) is 0.680. The second-order valence-electron chi connectivity index (χ2n) is 5.94. The summed E-state index contributed by atoms with van der Waals surface area (Å²) in [5, 5.41) is 4.56. The van der Waals surface area contributed by atoms with Gasteiger partial charge in [0.15, 0.2) is 0 Å². The zero-order valence-electron chi connectivity index (χ0n) is 13.4. The normalized spacial score (nSPS) is 17.3. The molecule has 0 atom stereocenters. The van der Waals surface area contributed by atoms with Gasteiger partial charge >= 0.3 is 0 Å². The van der Waals surface area contributed by atoms with Crippen LogP contribution in [-0.2, 0) is 16.6 Å². The fraction of sp³-hybridized carbons (Fsp3) is 0.312. The Hall–Kier alpha value is -1.45. The molecular formula is C16H17ClN4O2S2. The maximum Gasteiger partial charge on any atom is 0.252 e. The molecule has 4 heterocycles. The van der Waals surface area contributed by atoms with Gasteiger partial charge in [0.05, 0.1) is 15.5 Å². The summed E-state index contributed by atoms with van der Waals surface area (Å²) in [6, 6.07) is 11.2. The number of nitrogens with zero attached hydrogens (tertiary/aromatic N) is 4. The number of piperazine rings is 1. The van der Waals surface area contributed by atoms with Gasteiger partial charge < -0.3 is 0 Å². The number of halogens is 1. The van der Waals surface area contributed by atoms with Crippen molar-refractivity contribution < 1.29 is 8.42 Å². The smallest absolute Gasteiger partial charge is 0.252 e. The Bertz CT molecular complexity index is 957. The van der Waals surface area contributed by atoms with Crippen molar-refractivity contribution in [2.75, 3.05) is 26.2 Å². The summed E-state index contributed by atoms with van der Waals surface area (Å²) in [7, 11) is -3.44. The maximum absolute atomic E-state index is 12.6. The summed E-state index contributed by atoms with van der Waals surface area (Å²) in [5.41, 5.74) is 2.06. The first kappa shape index (κ1) is 17.0. The van der Waals surface area contributed by atoms with Crippen LogP contribution in [0.4, 0.5) is 0 Å². The zero-order valence-corrected chi connectivity index (χ0v) is 15.8. The summed E-state index contributed by atoms with van der Waals surface area (Å²) in [5.74, 6) is 0. The van der Waals surface area contributed by atoms with Crippen molar-refractivity contribution in [3.63, 3.8) is 0 Å². The maximum atomic E-state index is 12.6. The van der Waals surface area contributed by atoms with E-state index < -0.39 is 10.0 Å². The molecule has 132 valence electrons. The third-order valence-electron chi connectivity index (χ3n) is 4.28. The monoisotopic (exact) mass is 396 g/mol. The molecule has 6 nitrogen and oxygen atoms in total. The fourth-order valence-electron chi connectivity index (χ4n) is 2.99. The van der Waals surface area contributed by atoms with Gasteiger partial charge in [0.1, 0.15) is 4.21 Å². The van der Waals surface area contributed by atoms with E-state index >= 15 is 0 Å². The summed E-state index contributed by atoms with van der Waals surface area (Å²) in [4.78, 5) is 2.23. The van der Waals surface area contributed by atoms with Crippen molar-refractivity contribution >= 4 is 38.5 Å². The lowest BCUT2D eigenvalue weighted by atomic mass is 10.3. The van der Waals surface area contributed by atoms with E-state index in [0.29, 0.717) is 34.7 Å². The molecule has 1 aliphatic heterocycles. The Kier molecular flexibility index (Phi) is 4.55. The van der Waals surface area contributed by atoms with Crippen LogP contribution in [0, 0.1) is 0 Å². The predicted octanol–water partition coefficient (Wildman–Crippen LogP) is 2.56. The van der Waals surface area contributed by atoms with Crippen LogP contribution in [0.15, 0.2) is 46.8 Å². The Morgan fingerprint density at radius 2 is 1.92 bits per heavy atom. The van der Waals surface area contributed by atoms with Crippen molar-refractivity contribution in [3.8, 4) is 0 Å². The zero-order chi connectivity index (χ0) is 17.4. The highest BCUT2D eigenvalue weighted by molar-refractivity contribution is 7.91. The van der Waals surface area contributed by atoms with Gasteiger partial charge in [-0.1, -0.05) is 17.7 Å². The van der Waals surface area contributed by atoms with E-state index in [-0.39, 0.29) is 0 Å². The van der Waals surface area contributed by atoms with Crippen molar-refractivity contribution in [1.82, 2.24) is 18.8 Å². The minimum absolute atomic E-state index is 0.311. The molecule has 1 saturated heterocycles. The first-order valence-corrected chi connectivity index (χ1v) is 10.6.